The van der Waals surface area contributed by atoms with Crippen molar-refractivity contribution < 1.29 is 9.68 Å². The fourth-order valence-corrected chi connectivity index (χ4v) is 4.19. The average Bonchev–Trinajstić information content (AvgIpc) is 2.93. The Morgan fingerprint density at radius 3 is 2.90 bits per heavy atom. The molecule has 1 aliphatic heterocycles. The summed E-state index contributed by atoms with van der Waals surface area (Å²) >= 11 is 0. The van der Waals surface area contributed by atoms with Crippen molar-refractivity contribution in [3.63, 3.8) is 0 Å². The van der Waals surface area contributed by atoms with Gasteiger partial charge in [0.05, 0.1) is 17.6 Å². The third-order valence-corrected chi connectivity index (χ3v) is 5.86. The van der Waals surface area contributed by atoms with E-state index in [1.54, 1.807) is 6.20 Å². The van der Waals surface area contributed by atoms with Gasteiger partial charge in [0.1, 0.15) is 5.82 Å². The van der Waals surface area contributed by atoms with Crippen LogP contribution in [0, 0.1) is 24.2 Å². The Labute approximate surface area is 171 Å². The summed E-state index contributed by atoms with van der Waals surface area (Å²) in [5.74, 6) is 1.26. The fraction of sp³-hybridized carbons (Fsp3) is 0.476. The van der Waals surface area contributed by atoms with Crippen molar-refractivity contribution in [3.8, 4) is 6.07 Å². The Hall–Kier alpha value is -2.63. The van der Waals surface area contributed by atoms with Gasteiger partial charge in [-0.2, -0.15) is 10.2 Å². The molecule has 1 aliphatic carbocycles. The summed E-state index contributed by atoms with van der Waals surface area (Å²) in [6, 6.07) is 8.27. The van der Waals surface area contributed by atoms with Gasteiger partial charge < -0.3 is 20.3 Å². The van der Waals surface area contributed by atoms with E-state index < -0.39 is 12.7 Å². The largest absolute Gasteiger partial charge is 0.492 e. The second-order valence-corrected chi connectivity index (χ2v) is 8.40. The number of benzene rings is 1. The van der Waals surface area contributed by atoms with Crippen molar-refractivity contribution in [1.82, 2.24) is 9.97 Å². The molecule has 0 radical (unpaired) electrons. The van der Waals surface area contributed by atoms with Crippen molar-refractivity contribution in [2.24, 2.45) is 5.92 Å². The van der Waals surface area contributed by atoms with Crippen molar-refractivity contribution in [3.05, 3.63) is 35.5 Å². The van der Waals surface area contributed by atoms with Crippen molar-refractivity contribution in [2.75, 3.05) is 10.6 Å². The summed E-state index contributed by atoms with van der Waals surface area (Å²) in [6.45, 7) is 5.84. The van der Waals surface area contributed by atoms with Crippen LogP contribution in [0.15, 0.2) is 24.4 Å². The molecule has 1 unspecified atom stereocenters. The van der Waals surface area contributed by atoms with Crippen LogP contribution in [0.4, 0.5) is 17.5 Å². The molecule has 1 aromatic carbocycles. The number of rotatable bonds is 4. The first kappa shape index (κ1) is 19.7. The van der Waals surface area contributed by atoms with Gasteiger partial charge in [0, 0.05) is 23.5 Å². The predicted molar refractivity (Wildman–Crippen MR) is 113 cm³/mol. The lowest BCUT2D eigenvalue weighted by Gasteiger charge is -2.28. The van der Waals surface area contributed by atoms with Gasteiger partial charge in [-0.1, -0.05) is 18.9 Å². The zero-order valence-corrected chi connectivity index (χ0v) is 17.1. The first-order chi connectivity index (χ1) is 13.9. The molecule has 29 heavy (non-hydrogen) atoms. The van der Waals surface area contributed by atoms with Gasteiger partial charge in [-0.05, 0) is 56.8 Å². The molecule has 3 N–H and O–H groups in total. The van der Waals surface area contributed by atoms with E-state index in [1.165, 1.54) is 0 Å². The van der Waals surface area contributed by atoms with Gasteiger partial charge in [-0.25, -0.2) is 4.98 Å². The maximum Gasteiger partial charge on any atom is 0.492 e. The molecule has 2 aliphatic rings. The zero-order chi connectivity index (χ0) is 20.6. The number of aromatic nitrogens is 2. The molecule has 1 aromatic heterocycles. The number of anilines is 3. The molecule has 1 saturated carbocycles. The van der Waals surface area contributed by atoms with Gasteiger partial charge in [0.25, 0.3) is 0 Å². The van der Waals surface area contributed by atoms with Gasteiger partial charge in [0.15, 0.2) is 0 Å². The average molecular weight is 391 g/mol. The number of aryl methyl sites for hydroxylation is 1. The van der Waals surface area contributed by atoms with Crippen LogP contribution in [-0.2, 0) is 10.3 Å². The highest BCUT2D eigenvalue weighted by molar-refractivity contribution is 6.62. The van der Waals surface area contributed by atoms with Crippen LogP contribution >= 0.6 is 0 Å². The van der Waals surface area contributed by atoms with Gasteiger partial charge in [-0.15, -0.1) is 0 Å². The normalized spacial score (nSPS) is 22.7. The topological polar surface area (TPSA) is 103 Å². The van der Waals surface area contributed by atoms with Gasteiger partial charge in [-0.3, -0.25) is 0 Å². The molecule has 0 saturated heterocycles. The van der Waals surface area contributed by atoms with Crippen LogP contribution in [0.25, 0.3) is 0 Å². The summed E-state index contributed by atoms with van der Waals surface area (Å²) in [5, 5.41) is 26.2. The molecule has 150 valence electrons. The Morgan fingerprint density at radius 2 is 2.10 bits per heavy atom. The number of hydrogen-bond donors (Lipinski definition) is 3. The Balaban J connectivity index is 1.55. The first-order valence-corrected chi connectivity index (χ1v) is 10.1. The van der Waals surface area contributed by atoms with Gasteiger partial charge in [0.2, 0.25) is 5.95 Å². The summed E-state index contributed by atoms with van der Waals surface area (Å²) in [7, 11) is -0.899. The minimum Gasteiger partial charge on any atom is -0.423 e. The van der Waals surface area contributed by atoms with E-state index >= 15 is 0 Å². The van der Waals surface area contributed by atoms with E-state index in [4.69, 9.17) is 4.65 Å². The fourth-order valence-electron chi connectivity index (χ4n) is 4.19. The second kappa shape index (κ2) is 7.66. The van der Waals surface area contributed by atoms with E-state index in [9.17, 15) is 10.3 Å². The van der Waals surface area contributed by atoms with E-state index in [1.807, 2.05) is 39.0 Å². The number of hydrogen-bond acceptors (Lipinski definition) is 7. The van der Waals surface area contributed by atoms with Crippen LogP contribution in [-0.4, -0.2) is 28.2 Å². The van der Waals surface area contributed by atoms with Crippen LogP contribution in [0.2, 0.25) is 0 Å². The highest BCUT2D eigenvalue weighted by Crippen LogP contribution is 2.32. The van der Waals surface area contributed by atoms with E-state index in [0.29, 0.717) is 5.95 Å². The Bertz CT molecular complexity index is 959. The number of nitrogens with one attached hydrogen (secondary N) is 2. The molecule has 0 amide bonds. The molecule has 4 rings (SSSR count). The molecule has 0 spiro atoms. The molecule has 7 nitrogen and oxygen atoms in total. The highest BCUT2D eigenvalue weighted by Gasteiger charge is 2.40. The molecule has 1 fully saturated rings. The molecule has 8 heteroatoms. The molecule has 0 bridgehead atoms. The van der Waals surface area contributed by atoms with Crippen LogP contribution in [0.3, 0.4) is 0 Å². The minimum absolute atomic E-state index is 0.0138. The lowest BCUT2D eigenvalue weighted by atomic mass is 9.78. The maximum absolute atomic E-state index is 10.1. The number of nitriles is 1. The molecular weight excluding hydrogens is 365 g/mol. The molecule has 2 atom stereocenters. The zero-order valence-electron chi connectivity index (χ0n) is 17.1. The Kier molecular flexibility index (Phi) is 5.20. The molecule has 2 heterocycles. The monoisotopic (exact) mass is 391 g/mol. The first-order valence-electron chi connectivity index (χ1n) is 10.1. The smallest absolute Gasteiger partial charge is 0.423 e. The van der Waals surface area contributed by atoms with Crippen molar-refractivity contribution in [2.45, 2.75) is 58.1 Å². The second-order valence-electron chi connectivity index (χ2n) is 8.40. The summed E-state index contributed by atoms with van der Waals surface area (Å²) in [4.78, 5) is 9.06. The Morgan fingerprint density at radius 1 is 1.31 bits per heavy atom. The minimum atomic E-state index is -0.899. The summed E-state index contributed by atoms with van der Waals surface area (Å²) in [5.41, 5.74) is 2.95. The van der Waals surface area contributed by atoms with E-state index in [-0.39, 0.29) is 12.0 Å². The van der Waals surface area contributed by atoms with Crippen LogP contribution < -0.4 is 16.1 Å². The van der Waals surface area contributed by atoms with E-state index in [2.05, 4.69) is 26.7 Å². The third kappa shape index (κ3) is 3.93. The standard InChI is InChI=1S/C21H26BN5O2/c1-13-12-24-20(27-19(13)26-18-7-5-4-6-14(18)11-23)25-15-8-9-17-16(10-15)21(2,3)29-22(17)28/h8-10,12,14,18,28H,4-7H2,1-3H3,(H2,24,25,26,27)/t14-,18?/m1/s1. The molecule has 2 aromatic rings. The van der Waals surface area contributed by atoms with Crippen molar-refractivity contribution >= 4 is 30.0 Å². The third-order valence-electron chi connectivity index (χ3n) is 5.86. The number of nitrogens with zero attached hydrogens (tertiary/aromatic N) is 3. The number of fused-ring (bicyclic) bond motifs is 1. The van der Waals surface area contributed by atoms with E-state index in [0.717, 1.165) is 53.8 Å². The summed E-state index contributed by atoms with van der Waals surface area (Å²) in [6.07, 6.45) is 5.93. The van der Waals surface area contributed by atoms with Gasteiger partial charge >= 0.3 is 7.12 Å². The van der Waals surface area contributed by atoms with Crippen LogP contribution in [0.5, 0.6) is 0 Å². The lowest BCUT2D eigenvalue weighted by molar-refractivity contribution is 0.101. The lowest BCUT2D eigenvalue weighted by Crippen LogP contribution is -2.32. The highest BCUT2D eigenvalue weighted by atomic mass is 16.5. The van der Waals surface area contributed by atoms with Crippen LogP contribution in [0.1, 0.15) is 50.7 Å². The molecular formula is C21H26BN5O2. The predicted octanol–water partition coefficient (Wildman–Crippen LogP) is 2.98. The summed E-state index contributed by atoms with van der Waals surface area (Å²) < 4.78 is 5.62. The maximum atomic E-state index is 10.1. The quantitative estimate of drug-likeness (QED) is 0.689. The van der Waals surface area contributed by atoms with Crippen molar-refractivity contribution in [1.29, 1.82) is 5.26 Å². The SMILES string of the molecule is Cc1cnc(Nc2ccc3c(c2)C(C)(C)OB3O)nc1NC1CCCC[C@@H]1C#N.